The Labute approximate surface area is 70.4 Å². The van der Waals surface area contributed by atoms with Gasteiger partial charge in [-0.25, -0.2) is 0 Å². The van der Waals surface area contributed by atoms with E-state index in [4.69, 9.17) is 5.11 Å². The van der Waals surface area contributed by atoms with E-state index in [2.05, 4.69) is 17.0 Å². The standard InChI is InChI=1S/C4H4O.C3H6O2S/c1-2-4-5-3-1;4-3(5)1-2-6/h1-4H;6H,1-2H2,(H,4,5). The summed E-state index contributed by atoms with van der Waals surface area (Å²) in [5.41, 5.74) is 0. The molecule has 3 nitrogen and oxygen atoms in total. The highest BCUT2D eigenvalue weighted by atomic mass is 32.1. The molecule has 0 aliphatic rings. The van der Waals surface area contributed by atoms with Crippen LogP contribution >= 0.6 is 12.6 Å². The molecular formula is C7H10O3S. The third-order valence-electron chi connectivity index (χ3n) is 0.751. The summed E-state index contributed by atoms with van der Waals surface area (Å²) in [6, 6.07) is 3.67. The predicted octanol–water partition coefficient (Wildman–Crippen LogP) is 1.67. The molecule has 11 heavy (non-hydrogen) atoms. The lowest BCUT2D eigenvalue weighted by Gasteiger charge is -1.79. The maximum atomic E-state index is 9.55. The van der Waals surface area contributed by atoms with Gasteiger partial charge in [0.2, 0.25) is 0 Å². The minimum Gasteiger partial charge on any atom is -0.481 e. The first-order chi connectivity index (χ1) is 5.27. The Hall–Kier alpha value is -0.900. The van der Waals surface area contributed by atoms with E-state index < -0.39 is 5.97 Å². The molecular weight excluding hydrogens is 164 g/mol. The average Bonchev–Trinajstić information content (AvgIpc) is 2.41. The van der Waals surface area contributed by atoms with Gasteiger partial charge in [-0.15, -0.1) is 0 Å². The normalized spacial score (nSPS) is 8.09. The third kappa shape index (κ3) is 9.10. The van der Waals surface area contributed by atoms with E-state index in [1.165, 1.54) is 0 Å². The summed E-state index contributed by atoms with van der Waals surface area (Å²) in [4.78, 5) is 9.55. The topological polar surface area (TPSA) is 50.4 Å². The number of thiol groups is 1. The second-order valence-corrected chi connectivity index (χ2v) is 2.11. The molecule has 62 valence electrons. The second kappa shape index (κ2) is 7.21. The number of carbonyl (C=O) groups is 1. The second-order valence-electron chi connectivity index (χ2n) is 1.66. The average molecular weight is 174 g/mol. The van der Waals surface area contributed by atoms with Gasteiger partial charge in [0.05, 0.1) is 18.9 Å². The van der Waals surface area contributed by atoms with Crippen molar-refractivity contribution in [3.8, 4) is 0 Å². The van der Waals surface area contributed by atoms with Gasteiger partial charge in [0.1, 0.15) is 0 Å². The lowest BCUT2D eigenvalue weighted by Crippen LogP contribution is -1.93. The maximum Gasteiger partial charge on any atom is 0.304 e. The monoisotopic (exact) mass is 174 g/mol. The van der Waals surface area contributed by atoms with Crippen molar-refractivity contribution in [3.05, 3.63) is 24.7 Å². The van der Waals surface area contributed by atoms with Crippen LogP contribution in [0.5, 0.6) is 0 Å². The molecule has 0 radical (unpaired) electrons. The molecule has 4 heteroatoms. The molecule has 0 bridgehead atoms. The third-order valence-corrected chi connectivity index (χ3v) is 0.975. The Balaban J connectivity index is 0.000000183. The summed E-state index contributed by atoms with van der Waals surface area (Å²) in [5.74, 6) is -0.361. The molecule has 1 aromatic rings. The number of hydrogen-bond donors (Lipinski definition) is 2. The summed E-state index contributed by atoms with van der Waals surface area (Å²) >= 11 is 3.68. The van der Waals surface area contributed by atoms with Crippen molar-refractivity contribution in [3.63, 3.8) is 0 Å². The highest BCUT2D eigenvalue weighted by Gasteiger charge is 1.88. The number of carboxylic acids is 1. The predicted molar refractivity (Wildman–Crippen MR) is 44.8 cm³/mol. The SMILES string of the molecule is O=C(O)CCS.c1ccoc1. The number of rotatable bonds is 2. The van der Waals surface area contributed by atoms with Gasteiger partial charge in [-0.2, -0.15) is 12.6 Å². The van der Waals surface area contributed by atoms with Crippen molar-refractivity contribution in [2.45, 2.75) is 6.42 Å². The van der Waals surface area contributed by atoms with Crippen LogP contribution in [0, 0.1) is 0 Å². The molecule has 1 aromatic heterocycles. The zero-order chi connectivity index (χ0) is 8.53. The van der Waals surface area contributed by atoms with Crippen LogP contribution in [0.15, 0.2) is 29.1 Å². The fourth-order valence-corrected chi connectivity index (χ4v) is 0.514. The molecule has 0 amide bonds. The van der Waals surface area contributed by atoms with Crippen molar-refractivity contribution >= 4 is 18.6 Å². The van der Waals surface area contributed by atoms with E-state index in [0.29, 0.717) is 5.75 Å². The molecule has 1 heterocycles. The van der Waals surface area contributed by atoms with Crippen LogP contribution in [-0.2, 0) is 4.79 Å². The molecule has 0 aliphatic carbocycles. The van der Waals surface area contributed by atoms with Crippen LogP contribution in [0.2, 0.25) is 0 Å². The first-order valence-electron chi connectivity index (χ1n) is 3.07. The summed E-state index contributed by atoms with van der Waals surface area (Å²) in [6.07, 6.45) is 3.41. The van der Waals surface area contributed by atoms with E-state index >= 15 is 0 Å². The Morgan fingerprint density at radius 3 is 2.09 bits per heavy atom. The zero-order valence-corrected chi connectivity index (χ0v) is 6.83. The van der Waals surface area contributed by atoms with Gasteiger partial charge in [0.25, 0.3) is 0 Å². The van der Waals surface area contributed by atoms with Crippen molar-refractivity contribution in [1.29, 1.82) is 0 Å². The molecule has 0 saturated carbocycles. The lowest BCUT2D eigenvalue weighted by atomic mass is 10.5. The summed E-state index contributed by atoms with van der Waals surface area (Å²) in [5, 5.41) is 7.86. The molecule has 1 N–H and O–H groups in total. The van der Waals surface area contributed by atoms with E-state index in [0.717, 1.165) is 0 Å². The fourth-order valence-electron chi connectivity index (χ4n) is 0.322. The van der Waals surface area contributed by atoms with Gasteiger partial charge in [-0.1, -0.05) is 0 Å². The maximum absolute atomic E-state index is 9.55. The van der Waals surface area contributed by atoms with Crippen LogP contribution in [0.4, 0.5) is 0 Å². The minimum atomic E-state index is -0.787. The van der Waals surface area contributed by atoms with E-state index in [1.54, 1.807) is 12.5 Å². The van der Waals surface area contributed by atoms with Crippen molar-refractivity contribution in [1.82, 2.24) is 0 Å². The van der Waals surface area contributed by atoms with E-state index in [9.17, 15) is 4.79 Å². The number of carboxylic acid groups (broad SMARTS) is 1. The van der Waals surface area contributed by atoms with Crippen molar-refractivity contribution in [2.24, 2.45) is 0 Å². The Morgan fingerprint density at radius 2 is 2.00 bits per heavy atom. The van der Waals surface area contributed by atoms with Crippen LogP contribution < -0.4 is 0 Å². The van der Waals surface area contributed by atoms with E-state index in [-0.39, 0.29) is 6.42 Å². The Morgan fingerprint density at radius 1 is 1.45 bits per heavy atom. The van der Waals surface area contributed by atoms with Gasteiger partial charge >= 0.3 is 5.97 Å². The first-order valence-corrected chi connectivity index (χ1v) is 3.70. The van der Waals surface area contributed by atoms with Crippen LogP contribution in [0.3, 0.4) is 0 Å². The molecule has 0 spiro atoms. The molecule has 1 rings (SSSR count). The number of aliphatic carboxylic acids is 1. The Bertz CT molecular complexity index is 155. The minimum absolute atomic E-state index is 0.156. The number of furan rings is 1. The molecule has 0 unspecified atom stereocenters. The Kier molecular flexibility index (Phi) is 6.62. The summed E-state index contributed by atoms with van der Waals surface area (Å²) < 4.78 is 4.58. The van der Waals surface area contributed by atoms with Gasteiger partial charge in [-0.3, -0.25) is 4.79 Å². The quantitative estimate of drug-likeness (QED) is 0.670. The van der Waals surface area contributed by atoms with Gasteiger partial charge in [-0.05, 0) is 12.1 Å². The largest absolute Gasteiger partial charge is 0.481 e. The first kappa shape index (κ1) is 10.1. The smallest absolute Gasteiger partial charge is 0.304 e. The zero-order valence-electron chi connectivity index (χ0n) is 5.93. The van der Waals surface area contributed by atoms with Gasteiger partial charge < -0.3 is 9.52 Å². The van der Waals surface area contributed by atoms with Crippen LogP contribution in [0.25, 0.3) is 0 Å². The molecule has 0 aromatic carbocycles. The van der Waals surface area contributed by atoms with E-state index in [1.807, 2.05) is 12.1 Å². The lowest BCUT2D eigenvalue weighted by molar-refractivity contribution is -0.136. The molecule has 0 aliphatic heterocycles. The van der Waals surface area contributed by atoms with Crippen molar-refractivity contribution in [2.75, 3.05) is 5.75 Å². The van der Waals surface area contributed by atoms with Crippen LogP contribution in [-0.4, -0.2) is 16.8 Å². The van der Waals surface area contributed by atoms with Crippen LogP contribution in [0.1, 0.15) is 6.42 Å². The number of hydrogen-bond acceptors (Lipinski definition) is 3. The highest BCUT2D eigenvalue weighted by molar-refractivity contribution is 7.80. The van der Waals surface area contributed by atoms with Gasteiger partial charge in [0.15, 0.2) is 0 Å². The fraction of sp³-hybridized carbons (Fsp3) is 0.286. The molecule has 0 atom stereocenters. The highest BCUT2D eigenvalue weighted by Crippen LogP contribution is 1.80. The van der Waals surface area contributed by atoms with Gasteiger partial charge in [0, 0.05) is 5.75 Å². The van der Waals surface area contributed by atoms with Crippen molar-refractivity contribution < 1.29 is 14.3 Å². The molecule has 0 fully saturated rings. The molecule has 0 saturated heterocycles. The summed E-state index contributed by atoms with van der Waals surface area (Å²) in [7, 11) is 0. The summed E-state index contributed by atoms with van der Waals surface area (Å²) in [6.45, 7) is 0.